The van der Waals surface area contributed by atoms with Crippen molar-refractivity contribution in [3.05, 3.63) is 109 Å². The van der Waals surface area contributed by atoms with Crippen LogP contribution in [0.25, 0.3) is 0 Å². The zero-order valence-electron chi connectivity index (χ0n) is 40.5. The molecule has 0 radical (unpaired) electrons. The Hall–Kier alpha value is -3.93. The summed E-state index contributed by atoms with van der Waals surface area (Å²) in [6, 6.07) is 0. The van der Waals surface area contributed by atoms with Gasteiger partial charge in [-0.15, -0.1) is 0 Å². The van der Waals surface area contributed by atoms with Crippen LogP contribution in [-0.4, -0.2) is 37.2 Å². The van der Waals surface area contributed by atoms with Crippen LogP contribution in [0.4, 0.5) is 0 Å². The Labute approximate surface area is 387 Å². The molecule has 1 atom stereocenters. The molecule has 0 aromatic rings. The highest BCUT2D eigenvalue weighted by Gasteiger charge is 2.19. The Balaban J connectivity index is 4.53. The second-order valence-electron chi connectivity index (χ2n) is 16.3. The molecule has 0 heterocycles. The zero-order valence-corrected chi connectivity index (χ0v) is 40.5. The number of esters is 3. The lowest BCUT2D eigenvalue weighted by Crippen LogP contribution is -2.30. The van der Waals surface area contributed by atoms with E-state index in [4.69, 9.17) is 14.2 Å². The molecule has 0 saturated heterocycles. The van der Waals surface area contributed by atoms with Crippen LogP contribution in [0.1, 0.15) is 213 Å². The SMILES string of the molecule is CC/C=C\C/C=C\C/C=C\C/C=C\C/C=C\C/C=C\CCC(=O)OCC(COC(=O)CCCCCCC/C=C\CCCC)OC(=O)CCCCCCC/C=C\C/C=C\CCCCC. The average molecular weight is 873 g/mol. The lowest BCUT2D eigenvalue weighted by Gasteiger charge is -2.18. The summed E-state index contributed by atoms with van der Waals surface area (Å²) in [7, 11) is 0. The molecule has 0 amide bonds. The summed E-state index contributed by atoms with van der Waals surface area (Å²) in [4.78, 5) is 37.9. The van der Waals surface area contributed by atoms with Gasteiger partial charge in [0.25, 0.3) is 0 Å². The molecule has 6 nitrogen and oxygen atoms in total. The van der Waals surface area contributed by atoms with Gasteiger partial charge in [-0.25, -0.2) is 0 Å². The molecule has 0 N–H and O–H groups in total. The Morgan fingerprint density at radius 3 is 1.13 bits per heavy atom. The Bertz CT molecular complexity index is 1330. The Kier molecular flexibility index (Phi) is 47.5. The van der Waals surface area contributed by atoms with Gasteiger partial charge in [0, 0.05) is 19.3 Å². The van der Waals surface area contributed by atoms with E-state index in [1.807, 2.05) is 12.2 Å². The third-order valence-electron chi connectivity index (χ3n) is 10.2. The second kappa shape index (κ2) is 50.7. The number of unbranched alkanes of at least 4 members (excludes halogenated alkanes) is 15. The monoisotopic (exact) mass is 873 g/mol. The topological polar surface area (TPSA) is 78.9 Å². The summed E-state index contributed by atoms with van der Waals surface area (Å²) in [6.07, 6.45) is 67.9. The van der Waals surface area contributed by atoms with E-state index in [9.17, 15) is 14.4 Å². The smallest absolute Gasteiger partial charge is 0.306 e. The summed E-state index contributed by atoms with van der Waals surface area (Å²) in [5, 5.41) is 0. The Morgan fingerprint density at radius 2 is 0.667 bits per heavy atom. The van der Waals surface area contributed by atoms with E-state index in [0.717, 1.165) is 116 Å². The number of hydrogen-bond donors (Lipinski definition) is 0. The molecule has 0 aliphatic heterocycles. The van der Waals surface area contributed by atoms with E-state index < -0.39 is 6.10 Å². The molecule has 0 spiro atoms. The van der Waals surface area contributed by atoms with E-state index in [1.165, 1.54) is 51.4 Å². The van der Waals surface area contributed by atoms with Crippen molar-refractivity contribution in [3.63, 3.8) is 0 Å². The maximum Gasteiger partial charge on any atom is 0.306 e. The lowest BCUT2D eigenvalue weighted by atomic mass is 10.1. The van der Waals surface area contributed by atoms with E-state index in [2.05, 4.69) is 118 Å². The molecule has 63 heavy (non-hydrogen) atoms. The van der Waals surface area contributed by atoms with Gasteiger partial charge in [-0.3, -0.25) is 14.4 Å². The lowest BCUT2D eigenvalue weighted by molar-refractivity contribution is -0.166. The Morgan fingerprint density at radius 1 is 0.333 bits per heavy atom. The molecule has 0 aromatic carbocycles. The molecule has 0 rings (SSSR count). The molecule has 0 aliphatic rings. The average Bonchev–Trinajstić information content (AvgIpc) is 3.28. The minimum Gasteiger partial charge on any atom is -0.462 e. The molecular formula is C57H92O6. The number of ether oxygens (including phenoxy) is 3. The number of hydrogen-bond acceptors (Lipinski definition) is 6. The summed E-state index contributed by atoms with van der Waals surface area (Å²) in [6.45, 7) is 6.35. The van der Waals surface area contributed by atoms with Crippen molar-refractivity contribution in [2.24, 2.45) is 0 Å². The van der Waals surface area contributed by atoms with Crippen LogP contribution in [0.2, 0.25) is 0 Å². The van der Waals surface area contributed by atoms with Crippen LogP contribution >= 0.6 is 0 Å². The highest BCUT2D eigenvalue weighted by Crippen LogP contribution is 2.12. The summed E-state index contributed by atoms with van der Waals surface area (Å²) in [5.41, 5.74) is 0. The first-order chi connectivity index (χ1) is 31.0. The van der Waals surface area contributed by atoms with Gasteiger partial charge in [0.2, 0.25) is 0 Å². The van der Waals surface area contributed by atoms with Crippen LogP contribution in [0, 0.1) is 0 Å². The van der Waals surface area contributed by atoms with Crippen LogP contribution < -0.4 is 0 Å². The van der Waals surface area contributed by atoms with Crippen LogP contribution in [0.3, 0.4) is 0 Å². The predicted octanol–water partition coefficient (Wildman–Crippen LogP) is 16.8. The largest absolute Gasteiger partial charge is 0.462 e. The minimum atomic E-state index is -0.820. The van der Waals surface area contributed by atoms with Crippen molar-refractivity contribution >= 4 is 17.9 Å². The molecule has 0 fully saturated rings. The fourth-order valence-electron chi connectivity index (χ4n) is 6.42. The van der Waals surface area contributed by atoms with Crippen molar-refractivity contribution < 1.29 is 28.6 Å². The molecule has 0 saturated carbocycles. The van der Waals surface area contributed by atoms with Crippen LogP contribution in [0.15, 0.2) is 109 Å². The number of carbonyl (C=O) groups is 3. The molecule has 1 unspecified atom stereocenters. The summed E-state index contributed by atoms with van der Waals surface area (Å²) in [5.74, 6) is -1.03. The molecule has 6 heteroatoms. The molecule has 0 bridgehead atoms. The van der Waals surface area contributed by atoms with Crippen LogP contribution in [0.5, 0.6) is 0 Å². The maximum absolute atomic E-state index is 12.8. The molecule has 0 aromatic heterocycles. The minimum absolute atomic E-state index is 0.114. The van der Waals surface area contributed by atoms with Gasteiger partial charge in [-0.1, -0.05) is 194 Å². The standard InChI is InChI=1S/C57H92O6/c1-4-7-10-13-16-19-22-24-26-27-28-29-31-32-35-38-41-44-47-50-56(59)62-53-54(52-61-55(58)49-46-43-40-37-34-21-18-15-12-9-6-3)63-57(60)51-48-45-42-39-36-33-30-25-23-20-17-14-11-8-5-2/h7,10,15-20,24-26,28-30,32,35,41,44,54H,4-6,8-9,11-14,21-23,27,31,33-34,36-40,42-43,45-53H2,1-3H3/b10-7-,18-15-,19-16-,20-17-,26-24-,29-28-,30-25-,35-32-,44-41-. The fraction of sp³-hybridized carbons (Fsp3) is 0.632. The normalized spacial score (nSPS) is 13.0. The van der Waals surface area contributed by atoms with Crippen molar-refractivity contribution in [3.8, 4) is 0 Å². The van der Waals surface area contributed by atoms with E-state index in [-0.39, 0.29) is 37.5 Å². The third kappa shape index (κ3) is 49.0. The highest BCUT2D eigenvalue weighted by molar-refractivity contribution is 5.71. The van der Waals surface area contributed by atoms with Gasteiger partial charge in [-0.05, 0) is 109 Å². The van der Waals surface area contributed by atoms with Gasteiger partial charge in [0.15, 0.2) is 6.10 Å². The molecule has 0 aliphatic carbocycles. The molecular weight excluding hydrogens is 781 g/mol. The van der Waals surface area contributed by atoms with Crippen LogP contribution in [-0.2, 0) is 28.6 Å². The molecule has 356 valence electrons. The van der Waals surface area contributed by atoms with E-state index >= 15 is 0 Å². The summed E-state index contributed by atoms with van der Waals surface area (Å²) < 4.78 is 16.7. The predicted molar refractivity (Wildman–Crippen MR) is 270 cm³/mol. The van der Waals surface area contributed by atoms with E-state index in [1.54, 1.807) is 0 Å². The summed E-state index contributed by atoms with van der Waals surface area (Å²) >= 11 is 0. The maximum atomic E-state index is 12.8. The van der Waals surface area contributed by atoms with Crippen molar-refractivity contribution in [2.45, 2.75) is 219 Å². The first-order valence-electron chi connectivity index (χ1n) is 25.4. The first-order valence-corrected chi connectivity index (χ1v) is 25.4. The van der Waals surface area contributed by atoms with Gasteiger partial charge < -0.3 is 14.2 Å². The highest BCUT2D eigenvalue weighted by atomic mass is 16.6. The quantitative estimate of drug-likeness (QED) is 0.0263. The van der Waals surface area contributed by atoms with Crippen molar-refractivity contribution in [1.29, 1.82) is 0 Å². The second-order valence-corrected chi connectivity index (χ2v) is 16.3. The number of allylic oxidation sites excluding steroid dienone is 18. The van der Waals surface area contributed by atoms with Crippen molar-refractivity contribution in [1.82, 2.24) is 0 Å². The van der Waals surface area contributed by atoms with Gasteiger partial charge >= 0.3 is 17.9 Å². The van der Waals surface area contributed by atoms with Gasteiger partial charge in [0.05, 0.1) is 0 Å². The van der Waals surface area contributed by atoms with Crippen molar-refractivity contribution in [2.75, 3.05) is 13.2 Å². The fourth-order valence-corrected chi connectivity index (χ4v) is 6.42. The first kappa shape index (κ1) is 59.1. The third-order valence-corrected chi connectivity index (χ3v) is 10.2. The van der Waals surface area contributed by atoms with E-state index in [0.29, 0.717) is 19.3 Å². The van der Waals surface area contributed by atoms with Gasteiger partial charge in [0.1, 0.15) is 13.2 Å². The number of carbonyl (C=O) groups excluding carboxylic acids is 3. The number of rotatable bonds is 44. The zero-order chi connectivity index (χ0) is 45.8. The van der Waals surface area contributed by atoms with Gasteiger partial charge in [-0.2, -0.15) is 0 Å².